The molecule has 28 heavy (non-hydrogen) atoms. The quantitative estimate of drug-likeness (QED) is 0.675. The third kappa shape index (κ3) is 3.35. The zero-order valence-corrected chi connectivity index (χ0v) is 16.2. The summed E-state index contributed by atoms with van der Waals surface area (Å²) in [5.74, 6) is 1.34. The van der Waals surface area contributed by atoms with Crippen LogP contribution >= 0.6 is 11.3 Å². The van der Waals surface area contributed by atoms with Crippen LogP contribution in [-0.4, -0.2) is 33.3 Å². The first-order valence-electron chi connectivity index (χ1n) is 8.96. The van der Waals surface area contributed by atoms with Crippen molar-refractivity contribution in [1.82, 2.24) is 0 Å². The van der Waals surface area contributed by atoms with E-state index in [9.17, 15) is 10.1 Å². The van der Waals surface area contributed by atoms with Gasteiger partial charge < -0.3 is 19.0 Å². The van der Waals surface area contributed by atoms with Crippen LogP contribution in [0.4, 0.5) is 11.4 Å². The van der Waals surface area contributed by atoms with Gasteiger partial charge in [-0.3, -0.25) is 0 Å². The lowest BCUT2D eigenvalue weighted by Crippen LogP contribution is -2.47. The molecule has 0 amide bonds. The molecule has 0 bridgehead atoms. The van der Waals surface area contributed by atoms with Crippen LogP contribution in [0.15, 0.2) is 57.1 Å². The predicted octanol–water partition coefficient (Wildman–Crippen LogP) is 3.58. The molecule has 7 heteroatoms. The van der Waals surface area contributed by atoms with Crippen molar-refractivity contribution in [3.8, 4) is 22.5 Å². The molecular formula is C21H19N3O3S. The molecule has 1 saturated heterocycles. The van der Waals surface area contributed by atoms with E-state index < -0.39 is 5.63 Å². The van der Waals surface area contributed by atoms with E-state index in [0.717, 1.165) is 29.4 Å². The number of ether oxygens (including phenoxy) is 1. The zero-order chi connectivity index (χ0) is 19.5. The van der Waals surface area contributed by atoms with Gasteiger partial charge in [-0.1, -0.05) is 18.2 Å². The van der Waals surface area contributed by atoms with E-state index in [2.05, 4.69) is 9.80 Å². The maximum absolute atomic E-state index is 12.4. The Hall–Kier alpha value is -3.24. The SMILES string of the molecule is COc1ccccc1N1CCN(c2cc(-c3cccs3)oc(=O)c2C#N)CC1. The van der Waals surface area contributed by atoms with Crippen molar-refractivity contribution in [2.45, 2.75) is 0 Å². The molecule has 0 spiro atoms. The first-order valence-corrected chi connectivity index (χ1v) is 9.84. The minimum absolute atomic E-state index is 0.0612. The third-order valence-corrected chi connectivity index (χ3v) is 5.74. The summed E-state index contributed by atoms with van der Waals surface area (Å²) >= 11 is 1.50. The fourth-order valence-electron chi connectivity index (χ4n) is 3.45. The largest absolute Gasteiger partial charge is 0.495 e. The Bertz CT molecular complexity index is 1060. The highest BCUT2D eigenvalue weighted by Crippen LogP contribution is 2.32. The van der Waals surface area contributed by atoms with E-state index in [4.69, 9.17) is 9.15 Å². The molecule has 1 fully saturated rings. The highest BCUT2D eigenvalue weighted by atomic mass is 32.1. The van der Waals surface area contributed by atoms with Crippen molar-refractivity contribution >= 4 is 22.7 Å². The number of methoxy groups -OCH3 is 1. The Morgan fingerprint density at radius 1 is 1.07 bits per heavy atom. The normalized spacial score (nSPS) is 14.0. The molecular weight excluding hydrogens is 374 g/mol. The van der Waals surface area contributed by atoms with Crippen LogP contribution in [0.5, 0.6) is 5.75 Å². The standard InChI is InChI=1S/C21H19N3O3S/c1-26-18-6-3-2-5-16(18)23-8-10-24(11-9-23)17-13-19(20-7-4-12-28-20)27-21(25)15(17)14-22/h2-7,12-13H,8-11H2,1H3. The summed E-state index contributed by atoms with van der Waals surface area (Å²) in [5, 5.41) is 11.4. The van der Waals surface area contributed by atoms with Gasteiger partial charge in [0.2, 0.25) is 0 Å². The van der Waals surface area contributed by atoms with Gasteiger partial charge in [-0.05, 0) is 23.6 Å². The van der Waals surface area contributed by atoms with E-state index >= 15 is 0 Å². The monoisotopic (exact) mass is 393 g/mol. The number of piperazine rings is 1. The first-order chi connectivity index (χ1) is 13.7. The number of benzene rings is 1. The van der Waals surface area contributed by atoms with Crippen LogP contribution in [0.25, 0.3) is 10.6 Å². The number of hydrogen-bond donors (Lipinski definition) is 0. The fraction of sp³-hybridized carbons (Fsp3) is 0.238. The Labute approximate surface area is 166 Å². The van der Waals surface area contributed by atoms with Crippen LogP contribution in [-0.2, 0) is 0 Å². The van der Waals surface area contributed by atoms with Gasteiger partial charge in [0.15, 0.2) is 11.3 Å². The van der Waals surface area contributed by atoms with Crippen molar-refractivity contribution in [3.05, 3.63) is 63.8 Å². The number of nitriles is 1. The van der Waals surface area contributed by atoms with E-state index in [1.165, 1.54) is 11.3 Å². The number of anilines is 2. The van der Waals surface area contributed by atoms with Gasteiger partial charge in [0.25, 0.3) is 0 Å². The molecule has 2 aromatic heterocycles. The summed E-state index contributed by atoms with van der Waals surface area (Å²) in [6.07, 6.45) is 0. The summed E-state index contributed by atoms with van der Waals surface area (Å²) in [5.41, 5.74) is 1.17. The Kier molecular flexibility index (Phi) is 5.04. The average molecular weight is 393 g/mol. The molecule has 0 N–H and O–H groups in total. The fourth-order valence-corrected chi connectivity index (χ4v) is 4.13. The molecule has 1 aromatic carbocycles. The van der Waals surface area contributed by atoms with Crippen molar-refractivity contribution in [2.24, 2.45) is 0 Å². The minimum atomic E-state index is -0.587. The smallest absolute Gasteiger partial charge is 0.356 e. The summed E-state index contributed by atoms with van der Waals surface area (Å²) < 4.78 is 10.8. The third-order valence-electron chi connectivity index (χ3n) is 4.85. The maximum atomic E-state index is 12.4. The highest BCUT2D eigenvalue weighted by Gasteiger charge is 2.24. The van der Waals surface area contributed by atoms with Crippen molar-refractivity contribution in [3.63, 3.8) is 0 Å². The summed E-state index contributed by atoms with van der Waals surface area (Å²) in [6.45, 7) is 2.92. The second-order valence-electron chi connectivity index (χ2n) is 6.39. The molecule has 0 unspecified atom stereocenters. The van der Waals surface area contributed by atoms with E-state index in [1.54, 1.807) is 7.11 Å². The number of thiophene rings is 1. The summed E-state index contributed by atoms with van der Waals surface area (Å²) in [6, 6.07) is 15.6. The lowest BCUT2D eigenvalue weighted by atomic mass is 10.1. The van der Waals surface area contributed by atoms with Gasteiger partial charge in [-0.25, -0.2) is 4.79 Å². The number of rotatable bonds is 4. The second kappa shape index (κ2) is 7.79. The number of para-hydroxylation sites is 2. The van der Waals surface area contributed by atoms with Crippen LogP contribution in [0.3, 0.4) is 0 Å². The predicted molar refractivity (Wildman–Crippen MR) is 110 cm³/mol. The molecule has 1 aliphatic heterocycles. The molecule has 142 valence electrons. The first kappa shape index (κ1) is 18.1. The van der Waals surface area contributed by atoms with Crippen molar-refractivity contribution in [1.29, 1.82) is 5.26 Å². The Morgan fingerprint density at radius 2 is 1.79 bits per heavy atom. The van der Waals surface area contributed by atoms with Gasteiger partial charge >= 0.3 is 5.63 Å². The molecule has 6 nitrogen and oxygen atoms in total. The zero-order valence-electron chi connectivity index (χ0n) is 15.4. The molecule has 0 aliphatic carbocycles. The lowest BCUT2D eigenvalue weighted by molar-refractivity contribution is 0.413. The Morgan fingerprint density at radius 3 is 2.43 bits per heavy atom. The van der Waals surface area contributed by atoms with Crippen molar-refractivity contribution in [2.75, 3.05) is 43.1 Å². The maximum Gasteiger partial charge on any atom is 0.356 e. The van der Waals surface area contributed by atoms with Crippen LogP contribution in [0.1, 0.15) is 5.56 Å². The molecule has 0 saturated carbocycles. The van der Waals surface area contributed by atoms with Crippen LogP contribution in [0.2, 0.25) is 0 Å². The van der Waals surface area contributed by atoms with Crippen LogP contribution in [0, 0.1) is 11.3 Å². The average Bonchev–Trinajstić information content (AvgIpc) is 3.28. The molecule has 1 aliphatic rings. The van der Waals surface area contributed by atoms with Crippen LogP contribution < -0.4 is 20.2 Å². The number of hydrogen-bond acceptors (Lipinski definition) is 7. The van der Waals surface area contributed by atoms with Gasteiger partial charge in [-0.15, -0.1) is 11.3 Å². The molecule has 0 radical (unpaired) electrons. The molecule has 0 atom stereocenters. The second-order valence-corrected chi connectivity index (χ2v) is 7.34. The summed E-state index contributed by atoms with van der Waals surface area (Å²) in [4.78, 5) is 17.6. The van der Waals surface area contributed by atoms with E-state index in [-0.39, 0.29) is 5.56 Å². The van der Waals surface area contributed by atoms with Gasteiger partial charge in [-0.2, -0.15) is 5.26 Å². The summed E-state index contributed by atoms with van der Waals surface area (Å²) in [7, 11) is 1.67. The van der Waals surface area contributed by atoms with Gasteiger partial charge in [0.1, 0.15) is 11.8 Å². The molecule has 3 heterocycles. The topological polar surface area (TPSA) is 69.7 Å². The molecule has 3 aromatic rings. The van der Waals surface area contributed by atoms with E-state index in [1.807, 2.05) is 53.9 Å². The van der Waals surface area contributed by atoms with Crippen molar-refractivity contribution < 1.29 is 9.15 Å². The van der Waals surface area contributed by atoms with Gasteiger partial charge in [0, 0.05) is 32.2 Å². The minimum Gasteiger partial charge on any atom is -0.495 e. The van der Waals surface area contributed by atoms with E-state index in [0.29, 0.717) is 24.5 Å². The number of nitrogens with zero attached hydrogens (tertiary/aromatic N) is 3. The highest BCUT2D eigenvalue weighted by molar-refractivity contribution is 7.13. The molecule has 4 rings (SSSR count). The van der Waals surface area contributed by atoms with Gasteiger partial charge in [0.05, 0.1) is 23.4 Å². The lowest BCUT2D eigenvalue weighted by Gasteiger charge is -2.38. The Balaban J connectivity index is 1.61.